The van der Waals surface area contributed by atoms with E-state index in [-0.39, 0.29) is 24.1 Å². The topological polar surface area (TPSA) is 83.6 Å². The summed E-state index contributed by atoms with van der Waals surface area (Å²) in [5.41, 5.74) is -0.888. The molecule has 1 atom stereocenters. The van der Waals surface area contributed by atoms with Crippen LogP contribution in [0.1, 0.15) is 33.6 Å². The maximum Gasteiger partial charge on any atom is 0.249 e. The third-order valence-electron chi connectivity index (χ3n) is 3.79. The summed E-state index contributed by atoms with van der Waals surface area (Å²) >= 11 is 0. The highest BCUT2D eigenvalue weighted by Crippen LogP contribution is 2.24. The van der Waals surface area contributed by atoms with Crippen molar-refractivity contribution >= 4 is 21.7 Å². The first-order valence-electron chi connectivity index (χ1n) is 6.47. The lowest BCUT2D eigenvalue weighted by Crippen LogP contribution is -2.69. The fourth-order valence-corrected chi connectivity index (χ4v) is 2.80. The summed E-state index contributed by atoms with van der Waals surface area (Å²) in [5.74, 6) is -0.537. The number of amides is 2. The quantitative estimate of drug-likeness (QED) is 0.768. The van der Waals surface area contributed by atoms with Gasteiger partial charge in [0.2, 0.25) is 11.8 Å². The van der Waals surface area contributed by atoms with Gasteiger partial charge in [0.15, 0.2) is 0 Å². The molecule has 0 aromatic rings. The van der Waals surface area contributed by atoms with E-state index in [1.165, 1.54) is 4.90 Å². The summed E-state index contributed by atoms with van der Waals surface area (Å²) in [7, 11) is -3.16. The van der Waals surface area contributed by atoms with Gasteiger partial charge in [-0.2, -0.15) is 0 Å². The molecule has 1 N–H and O–H groups in total. The molecule has 1 unspecified atom stereocenters. The summed E-state index contributed by atoms with van der Waals surface area (Å²) in [6.07, 6.45) is 2.12. The van der Waals surface area contributed by atoms with Gasteiger partial charge in [0.1, 0.15) is 21.4 Å². The van der Waals surface area contributed by atoms with Gasteiger partial charge in [0, 0.05) is 12.8 Å². The van der Waals surface area contributed by atoms with E-state index >= 15 is 0 Å². The van der Waals surface area contributed by atoms with Crippen LogP contribution in [0.4, 0.5) is 0 Å². The molecular weight excluding hydrogens is 268 g/mol. The van der Waals surface area contributed by atoms with Crippen molar-refractivity contribution < 1.29 is 18.0 Å². The van der Waals surface area contributed by atoms with Gasteiger partial charge in [-0.25, -0.2) is 8.42 Å². The molecule has 0 aliphatic carbocycles. The first-order chi connectivity index (χ1) is 8.67. The second-order valence-corrected chi connectivity index (χ2v) is 7.34. The molecule has 0 bridgehead atoms. The molecule has 1 aliphatic rings. The highest BCUT2D eigenvalue weighted by molar-refractivity contribution is 7.90. The Hall–Kier alpha value is -1.11. The Balaban J connectivity index is 2.99. The minimum absolute atomic E-state index is 0.0635. The van der Waals surface area contributed by atoms with Crippen LogP contribution < -0.4 is 5.32 Å². The molecule has 1 rings (SSSR count). The minimum Gasteiger partial charge on any atom is -0.340 e. The van der Waals surface area contributed by atoms with Crippen molar-refractivity contribution in [2.75, 3.05) is 18.6 Å². The van der Waals surface area contributed by atoms with Crippen LogP contribution in [-0.4, -0.2) is 55.3 Å². The van der Waals surface area contributed by atoms with Gasteiger partial charge >= 0.3 is 0 Å². The molecule has 1 heterocycles. The molecule has 0 spiro atoms. The van der Waals surface area contributed by atoms with Gasteiger partial charge < -0.3 is 10.2 Å². The smallest absolute Gasteiger partial charge is 0.249 e. The number of nitrogens with one attached hydrogen (secondary N) is 1. The zero-order chi connectivity index (χ0) is 14.8. The molecule has 1 aliphatic heterocycles. The third kappa shape index (κ3) is 3.26. The normalized spacial score (nSPS) is 23.4. The summed E-state index contributed by atoms with van der Waals surface area (Å²) in [5, 5.41) is 2.78. The zero-order valence-electron chi connectivity index (χ0n) is 11.9. The molecule has 1 saturated heterocycles. The van der Waals surface area contributed by atoms with Crippen molar-refractivity contribution in [3.05, 3.63) is 0 Å². The number of sulfone groups is 1. The number of carbonyl (C=O) groups is 2. The Morgan fingerprint density at radius 1 is 1.26 bits per heavy atom. The van der Waals surface area contributed by atoms with E-state index in [0.717, 1.165) is 6.26 Å². The van der Waals surface area contributed by atoms with E-state index in [4.69, 9.17) is 0 Å². The largest absolute Gasteiger partial charge is 0.340 e. The molecule has 1 fully saturated rings. The number of rotatable bonds is 5. The molecule has 6 nitrogen and oxygen atoms in total. The average molecular weight is 290 g/mol. The molecule has 110 valence electrons. The van der Waals surface area contributed by atoms with Gasteiger partial charge in [0.05, 0.1) is 5.75 Å². The molecule has 0 saturated carbocycles. The van der Waals surface area contributed by atoms with Crippen LogP contribution in [-0.2, 0) is 19.4 Å². The number of hydrogen-bond donors (Lipinski definition) is 1. The molecular formula is C12H22N2O4S. The second kappa shape index (κ2) is 5.48. The van der Waals surface area contributed by atoms with Crippen LogP contribution in [0.2, 0.25) is 0 Å². The summed E-state index contributed by atoms with van der Waals surface area (Å²) in [6.45, 7) is 5.36. The summed E-state index contributed by atoms with van der Waals surface area (Å²) in [4.78, 5) is 25.8. The fraction of sp³-hybridized carbons (Fsp3) is 0.833. The molecule has 0 aromatic carbocycles. The summed E-state index contributed by atoms with van der Waals surface area (Å²) in [6, 6.07) is -0.625. The number of piperazine rings is 1. The highest BCUT2D eigenvalue weighted by Gasteiger charge is 2.47. The first-order valence-corrected chi connectivity index (χ1v) is 8.53. The van der Waals surface area contributed by atoms with E-state index in [2.05, 4.69) is 5.32 Å². The van der Waals surface area contributed by atoms with E-state index in [1.54, 1.807) is 6.92 Å². The van der Waals surface area contributed by atoms with E-state index in [1.807, 2.05) is 13.8 Å². The van der Waals surface area contributed by atoms with Gasteiger partial charge in [-0.1, -0.05) is 13.8 Å². The monoisotopic (exact) mass is 290 g/mol. The van der Waals surface area contributed by atoms with Gasteiger partial charge in [0.25, 0.3) is 0 Å². The number of hydrogen-bond acceptors (Lipinski definition) is 4. The number of carbonyl (C=O) groups excluding carboxylic acids is 2. The predicted molar refractivity (Wildman–Crippen MR) is 72.3 cm³/mol. The zero-order valence-corrected chi connectivity index (χ0v) is 12.7. The maximum absolute atomic E-state index is 12.5. The van der Waals surface area contributed by atoms with Gasteiger partial charge in [-0.05, 0) is 19.8 Å². The SMILES string of the molecule is CCC1(CC)NC(=O)C(C)N(CCS(C)(=O)=O)C1=O. The summed E-state index contributed by atoms with van der Waals surface area (Å²) < 4.78 is 22.5. The average Bonchev–Trinajstić information content (AvgIpc) is 2.32. The van der Waals surface area contributed by atoms with E-state index in [9.17, 15) is 18.0 Å². The minimum atomic E-state index is -3.16. The molecule has 0 radical (unpaired) electrons. The third-order valence-corrected chi connectivity index (χ3v) is 4.71. The van der Waals surface area contributed by atoms with Crippen molar-refractivity contribution in [2.24, 2.45) is 0 Å². The van der Waals surface area contributed by atoms with Crippen LogP contribution in [0, 0.1) is 0 Å². The van der Waals surface area contributed by atoms with E-state index in [0.29, 0.717) is 12.8 Å². The second-order valence-electron chi connectivity index (χ2n) is 5.08. The molecule has 7 heteroatoms. The number of nitrogens with zero attached hydrogens (tertiary/aromatic N) is 1. The Morgan fingerprint density at radius 3 is 2.21 bits per heavy atom. The maximum atomic E-state index is 12.5. The van der Waals surface area contributed by atoms with Crippen molar-refractivity contribution in [1.29, 1.82) is 0 Å². The Morgan fingerprint density at radius 2 is 1.79 bits per heavy atom. The fourth-order valence-electron chi connectivity index (χ4n) is 2.27. The van der Waals surface area contributed by atoms with Crippen LogP contribution in [0.3, 0.4) is 0 Å². The van der Waals surface area contributed by atoms with Crippen molar-refractivity contribution in [2.45, 2.75) is 45.2 Å². The molecule has 2 amide bonds. The van der Waals surface area contributed by atoms with Gasteiger partial charge in [-0.3, -0.25) is 9.59 Å². The highest BCUT2D eigenvalue weighted by atomic mass is 32.2. The van der Waals surface area contributed by atoms with Crippen LogP contribution in [0.15, 0.2) is 0 Å². The van der Waals surface area contributed by atoms with Crippen LogP contribution in [0.5, 0.6) is 0 Å². The van der Waals surface area contributed by atoms with Crippen LogP contribution >= 0.6 is 0 Å². The van der Waals surface area contributed by atoms with Crippen molar-refractivity contribution in [1.82, 2.24) is 10.2 Å². The Kier molecular flexibility index (Phi) is 4.60. The standard InChI is InChI=1S/C12H22N2O4S/c1-5-12(6-2)11(16)14(7-8-19(4,17)18)9(3)10(15)13-12/h9H,5-8H2,1-4H3,(H,13,15). The Labute approximate surface area is 114 Å². The van der Waals surface area contributed by atoms with Crippen LogP contribution in [0.25, 0.3) is 0 Å². The lowest BCUT2D eigenvalue weighted by atomic mass is 9.87. The van der Waals surface area contributed by atoms with Crippen molar-refractivity contribution in [3.8, 4) is 0 Å². The lowest BCUT2D eigenvalue weighted by Gasteiger charge is -2.44. The van der Waals surface area contributed by atoms with Crippen molar-refractivity contribution in [3.63, 3.8) is 0 Å². The Bertz CT molecular complexity index is 468. The van der Waals surface area contributed by atoms with Gasteiger partial charge in [-0.15, -0.1) is 0 Å². The lowest BCUT2D eigenvalue weighted by molar-refractivity contribution is -0.154. The van der Waals surface area contributed by atoms with E-state index < -0.39 is 21.4 Å². The first kappa shape index (κ1) is 15.9. The predicted octanol–water partition coefficient (Wildman–Crippen LogP) is -0.0633. The molecule has 0 aromatic heterocycles. The molecule has 19 heavy (non-hydrogen) atoms.